The van der Waals surface area contributed by atoms with Gasteiger partial charge in [-0.05, 0) is 76.8 Å². The van der Waals surface area contributed by atoms with Crippen molar-refractivity contribution < 1.29 is 24.2 Å². The quantitative estimate of drug-likeness (QED) is 0.330. The molecule has 0 aliphatic carbocycles. The molecule has 0 bridgehead atoms. The SMILES string of the molecule is COc1cc(C2c3c(-c4c(C)cc(C)cc4O)n[nH]c3C(=O)N2Cc2ccco2)cc(Br)c1O. The first-order valence-corrected chi connectivity index (χ1v) is 11.4. The lowest BCUT2D eigenvalue weighted by Crippen LogP contribution is -2.29. The number of methoxy groups -OCH3 is 1. The number of halogens is 1. The molecule has 2 aromatic heterocycles. The Morgan fingerprint density at radius 1 is 1.24 bits per heavy atom. The smallest absolute Gasteiger partial charge is 0.273 e. The van der Waals surface area contributed by atoms with Gasteiger partial charge in [0, 0.05) is 11.1 Å². The largest absolute Gasteiger partial charge is 0.507 e. The number of aromatic amines is 1. The summed E-state index contributed by atoms with van der Waals surface area (Å²) in [6, 6.07) is 10.1. The molecule has 174 valence electrons. The van der Waals surface area contributed by atoms with Gasteiger partial charge in [-0.15, -0.1) is 0 Å². The number of amides is 1. The van der Waals surface area contributed by atoms with Gasteiger partial charge in [-0.25, -0.2) is 0 Å². The number of furan rings is 1. The predicted molar refractivity (Wildman–Crippen MR) is 128 cm³/mol. The van der Waals surface area contributed by atoms with Gasteiger partial charge in [0.05, 0.1) is 30.4 Å². The standard InChI is InChI=1S/C25H22BrN3O5/c1-12-7-13(2)19(17(30)8-12)21-20-22(28-27-21)25(32)29(11-15-5-4-6-34-15)23(20)14-9-16(26)24(31)18(10-14)33-3/h4-10,23,30-31H,11H2,1-3H3,(H,27,28). The van der Waals surface area contributed by atoms with Gasteiger partial charge in [-0.3, -0.25) is 9.89 Å². The first-order valence-electron chi connectivity index (χ1n) is 10.6. The van der Waals surface area contributed by atoms with Crippen molar-refractivity contribution in [1.82, 2.24) is 15.1 Å². The summed E-state index contributed by atoms with van der Waals surface area (Å²) in [6.07, 6.45) is 1.56. The van der Waals surface area contributed by atoms with Crippen LogP contribution in [-0.2, 0) is 6.54 Å². The highest BCUT2D eigenvalue weighted by atomic mass is 79.9. The van der Waals surface area contributed by atoms with E-state index < -0.39 is 6.04 Å². The number of carbonyl (C=O) groups is 1. The second kappa shape index (κ2) is 8.25. The topological polar surface area (TPSA) is 112 Å². The monoisotopic (exact) mass is 523 g/mol. The number of phenolic OH excluding ortho intramolecular Hbond substituents is 2. The second-order valence-electron chi connectivity index (χ2n) is 8.31. The highest BCUT2D eigenvalue weighted by Crippen LogP contribution is 2.48. The number of aryl methyl sites for hydroxylation is 2. The van der Waals surface area contributed by atoms with Crippen LogP contribution in [0.4, 0.5) is 0 Å². The first kappa shape index (κ1) is 22.1. The molecule has 1 atom stereocenters. The first-order chi connectivity index (χ1) is 16.3. The van der Waals surface area contributed by atoms with Gasteiger partial charge in [0.25, 0.3) is 5.91 Å². The van der Waals surface area contributed by atoms with Crippen LogP contribution in [0.5, 0.6) is 17.2 Å². The summed E-state index contributed by atoms with van der Waals surface area (Å²) < 4.78 is 11.3. The Hall–Kier alpha value is -3.72. The molecule has 1 aliphatic heterocycles. The van der Waals surface area contributed by atoms with Gasteiger partial charge < -0.3 is 24.3 Å². The van der Waals surface area contributed by atoms with Crippen molar-refractivity contribution in [1.29, 1.82) is 0 Å². The molecule has 1 amide bonds. The summed E-state index contributed by atoms with van der Waals surface area (Å²) >= 11 is 3.39. The lowest BCUT2D eigenvalue weighted by atomic mass is 9.93. The van der Waals surface area contributed by atoms with E-state index in [2.05, 4.69) is 26.1 Å². The molecule has 2 aromatic carbocycles. The van der Waals surface area contributed by atoms with Crippen molar-refractivity contribution >= 4 is 21.8 Å². The Kier molecular flexibility index (Phi) is 5.36. The molecule has 0 saturated heterocycles. The minimum Gasteiger partial charge on any atom is -0.507 e. The van der Waals surface area contributed by atoms with Gasteiger partial charge in [0.2, 0.25) is 0 Å². The molecule has 4 aromatic rings. The fourth-order valence-corrected chi connectivity index (χ4v) is 5.09. The third-order valence-corrected chi connectivity index (χ3v) is 6.66. The molecule has 3 heterocycles. The van der Waals surface area contributed by atoms with Crippen LogP contribution in [0.25, 0.3) is 11.3 Å². The maximum absolute atomic E-state index is 13.5. The number of rotatable bonds is 5. The van der Waals surface area contributed by atoms with Crippen LogP contribution < -0.4 is 4.74 Å². The Bertz CT molecular complexity index is 1390. The maximum Gasteiger partial charge on any atom is 0.273 e. The molecule has 0 radical (unpaired) electrons. The Balaban J connectivity index is 1.74. The highest BCUT2D eigenvalue weighted by Gasteiger charge is 2.43. The molecule has 3 N–H and O–H groups in total. The number of fused-ring (bicyclic) bond motifs is 1. The van der Waals surface area contributed by atoms with Crippen molar-refractivity contribution in [3.63, 3.8) is 0 Å². The molecule has 1 unspecified atom stereocenters. The van der Waals surface area contributed by atoms with E-state index in [4.69, 9.17) is 9.15 Å². The summed E-state index contributed by atoms with van der Waals surface area (Å²) in [5.41, 5.74) is 4.50. The Morgan fingerprint density at radius 3 is 2.71 bits per heavy atom. The average Bonchev–Trinajstić information content (AvgIpc) is 3.50. The van der Waals surface area contributed by atoms with Crippen LogP contribution in [0.2, 0.25) is 0 Å². The zero-order valence-electron chi connectivity index (χ0n) is 18.7. The lowest BCUT2D eigenvalue weighted by Gasteiger charge is -2.26. The molecule has 34 heavy (non-hydrogen) atoms. The van der Waals surface area contributed by atoms with E-state index in [1.54, 1.807) is 41.5 Å². The summed E-state index contributed by atoms with van der Waals surface area (Å²) in [5, 5.41) is 28.5. The minimum atomic E-state index is -0.577. The number of phenols is 2. The van der Waals surface area contributed by atoms with E-state index in [0.29, 0.717) is 38.3 Å². The van der Waals surface area contributed by atoms with Crippen molar-refractivity contribution in [3.05, 3.63) is 80.8 Å². The average molecular weight is 524 g/mol. The van der Waals surface area contributed by atoms with Crippen molar-refractivity contribution in [2.45, 2.75) is 26.4 Å². The molecular formula is C25H22BrN3O5. The van der Waals surface area contributed by atoms with Crippen LogP contribution in [-0.4, -0.2) is 38.3 Å². The molecule has 5 rings (SSSR count). The molecule has 8 nitrogen and oxygen atoms in total. The molecule has 0 spiro atoms. The van der Waals surface area contributed by atoms with E-state index in [-0.39, 0.29) is 29.7 Å². The van der Waals surface area contributed by atoms with Crippen molar-refractivity contribution in [2.75, 3.05) is 7.11 Å². The zero-order chi connectivity index (χ0) is 24.1. The van der Waals surface area contributed by atoms with E-state index in [0.717, 1.165) is 11.1 Å². The van der Waals surface area contributed by atoms with Crippen LogP contribution in [0, 0.1) is 13.8 Å². The van der Waals surface area contributed by atoms with Gasteiger partial charge >= 0.3 is 0 Å². The summed E-state index contributed by atoms with van der Waals surface area (Å²) in [4.78, 5) is 15.2. The Morgan fingerprint density at radius 2 is 2.03 bits per heavy atom. The van der Waals surface area contributed by atoms with Crippen LogP contribution >= 0.6 is 15.9 Å². The highest BCUT2D eigenvalue weighted by molar-refractivity contribution is 9.10. The summed E-state index contributed by atoms with van der Waals surface area (Å²) in [5.74, 6) is 0.696. The van der Waals surface area contributed by atoms with Crippen LogP contribution in [0.3, 0.4) is 0 Å². The zero-order valence-corrected chi connectivity index (χ0v) is 20.3. The van der Waals surface area contributed by atoms with Crippen molar-refractivity contribution in [3.8, 4) is 28.5 Å². The second-order valence-corrected chi connectivity index (χ2v) is 9.16. The molecular weight excluding hydrogens is 502 g/mol. The third kappa shape index (κ3) is 3.43. The number of carbonyl (C=O) groups excluding carboxylic acids is 1. The molecule has 0 saturated carbocycles. The lowest BCUT2D eigenvalue weighted by molar-refractivity contribution is 0.0716. The number of aromatic nitrogens is 2. The third-order valence-electron chi connectivity index (χ3n) is 6.05. The Labute approximate surface area is 203 Å². The van der Waals surface area contributed by atoms with Gasteiger partial charge in [0.1, 0.15) is 22.9 Å². The summed E-state index contributed by atoms with van der Waals surface area (Å²) in [7, 11) is 1.47. The van der Waals surface area contributed by atoms with E-state index in [9.17, 15) is 15.0 Å². The number of hydrogen-bond donors (Lipinski definition) is 3. The van der Waals surface area contributed by atoms with Crippen LogP contribution in [0.1, 0.15) is 44.5 Å². The minimum absolute atomic E-state index is 0.0344. The normalized spacial score (nSPS) is 15.1. The number of H-pyrrole nitrogens is 1. The number of nitrogens with one attached hydrogen (secondary N) is 1. The number of nitrogens with zero attached hydrogens (tertiary/aromatic N) is 2. The number of aromatic hydroxyl groups is 2. The predicted octanol–water partition coefficient (Wildman–Crippen LogP) is 5.21. The van der Waals surface area contributed by atoms with Gasteiger partial charge in [-0.1, -0.05) is 6.07 Å². The molecule has 0 fully saturated rings. The molecule has 9 heteroatoms. The summed E-state index contributed by atoms with van der Waals surface area (Å²) in [6.45, 7) is 4.02. The van der Waals surface area contributed by atoms with Crippen molar-refractivity contribution in [2.24, 2.45) is 0 Å². The van der Waals surface area contributed by atoms with E-state index in [1.165, 1.54) is 7.11 Å². The van der Waals surface area contributed by atoms with Crippen LogP contribution in [0.15, 0.2) is 51.6 Å². The molecule has 1 aliphatic rings. The number of benzene rings is 2. The maximum atomic E-state index is 13.5. The fourth-order valence-electron chi connectivity index (χ4n) is 4.63. The number of ether oxygens (including phenoxy) is 1. The van der Waals surface area contributed by atoms with E-state index in [1.807, 2.05) is 19.9 Å². The van der Waals surface area contributed by atoms with Gasteiger partial charge in [-0.2, -0.15) is 5.10 Å². The number of hydrogen-bond acceptors (Lipinski definition) is 6. The van der Waals surface area contributed by atoms with Gasteiger partial charge in [0.15, 0.2) is 11.5 Å². The van der Waals surface area contributed by atoms with E-state index >= 15 is 0 Å². The fraction of sp³-hybridized carbons (Fsp3) is 0.200.